The molecule has 1 aromatic heterocycles. The fourth-order valence-electron chi connectivity index (χ4n) is 4.34. The third-order valence-corrected chi connectivity index (χ3v) is 6.06. The van der Waals surface area contributed by atoms with Gasteiger partial charge in [-0.15, -0.1) is 0 Å². The summed E-state index contributed by atoms with van der Waals surface area (Å²) < 4.78 is 5.38. The minimum atomic E-state index is 0.539. The minimum absolute atomic E-state index is 0.539. The van der Waals surface area contributed by atoms with Crippen molar-refractivity contribution >= 4 is 17.6 Å². The highest BCUT2D eigenvalue weighted by atomic mass is 35.5. The van der Waals surface area contributed by atoms with Crippen molar-refractivity contribution in [1.82, 2.24) is 20.4 Å². The van der Waals surface area contributed by atoms with Crippen LogP contribution in [0.3, 0.4) is 0 Å². The van der Waals surface area contributed by atoms with Crippen LogP contribution in [0.2, 0.25) is 5.02 Å². The van der Waals surface area contributed by atoms with E-state index in [2.05, 4.69) is 25.3 Å². The Morgan fingerprint density at radius 1 is 1.26 bits per heavy atom. The zero-order valence-electron chi connectivity index (χ0n) is 15.7. The Labute approximate surface area is 165 Å². The van der Waals surface area contributed by atoms with E-state index in [1.165, 1.54) is 32.1 Å². The summed E-state index contributed by atoms with van der Waals surface area (Å²) in [4.78, 5) is 11.3. The molecule has 2 aliphatic rings. The van der Waals surface area contributed by atoms with Crippen molar-refractivity contribution in [1.29, 1.82) is 0 Å². The molecule has 1 aliphatic heterocycles. The molecule has 0 atom stereocenters. The summed E-state index contributed by atoms with van der Waals surface area (Å²) in [6.07, 6.45) is 7.46. The number of hydrogen-bond donors (Lipinski definition) is 1. The van der Waals surface area contributed by atoms with Crippen LogP contribution in [0.25, 0.3) is 11.4 Å². The smallest absolute Gasteiger partial charge is 0.228 e. The lowest BCUT2D eigenvalue weighted by Gasteiger charge is -2.25. The molecule has 6 nitrogen and oxygen atoms in total. The number of aliphatic imine (C=N–C) groups is 1. The molecule has 1 spiro atoms. The van der Waals surface area contributed by atoms with Crippen molar-refractivity contribution in [2.75, 3.05) is 26.7 Å². The molecule has 4 rings (SSSR count). The number of nitrogens with one attached hydrogen (secondary N) is 1. The first-order chi connectivity index (χ1) is 13.2. The molecule has 0 unspecified atom stereocenters. The molecule has 7 heteroatoms. The van der Waals surface area contributed by atoms with Gasteiger partial charge in [-0.2, -0.15) is 4.98 Å². The second-order valence-electron chi connectivity index (χ2n) is 7.62. The molecule has 0 bridgehead atoms. The van der Waals surface area contributed by atoms with Crippen LogP contribution < -0.4 is 5.32 Å². The standard InChI is InChI=1S/C20H26ClN5O/c1-22-19(26-13-11-20(14-26)9-2-3-10-20)23-12-8-17-24-18(25-27-17)15-4-6-16(21)7-5-15/h4-7H,2-3,8-14H2,1H3,(H,22,23). The monoisotopic (exact) mass is 387 g/mol. The van der Waals surface area contributed by atoms with Crippen molar-refractivity contribution in [2.45, 2.75) is 38.5 Å². The lowest BCUT2D eigenvalue weighted by Crippen LogP contribution is -2.41. The van der Waals surface area contributed by atoms with Crippen molar-refractivity contribution in [3.63, 3.8) is 0 Å². The second-order valence-corrected chi connectivity index (χ2v) is 8.06. The van der Waals surface area contributed by atoms with Crippen LogP contribution in [-0.2, 0) is 6.42 Å². The predicted octanol–water partition coefficient (Wildman–Crippen LogP) is 3.77. The maximum Gasteiger partial charge on any atom is 0.228 e. The van der Waals surface area contributed by atoms with Gasteiger partial charge in [0.15, 0.2) is 5.96 Å². The Morgan fingerprint density at radius 3 is 2.78 bits per heavy atom. The minimum Gasteiger partial charge on any atom is -0.356 e. The van der Waals surface area contributed by atoms with Gasteiger partial charge in [-0.25, -0.2) is 0 Å². The summed E-state index contributed by atoms with van der Waals surface area (Å²) in [6, 6.07) is 7.43. The van der Waals surface area contributed by atoms with Gasteiger partial charge in [0.2, 0.25) is 11.7 Å². The molecule has 2 fully saturated rings. The Hall–Kier alpha value is -2.08. The summed E-state index contributed by atoms with van der Waals surface area (Å²) in [7, 11) is 1.85. The van der Waals surface area contributed by atoms with E-state index < -0.39 is 0 Å². The van der Waals surface area contributed by atoms with E-state index in [4.69, 9.17) is 16.1 Å². The van der Waals surface area contributed by atoms with Crippen molar-refractivity contribution in [3.8, 4) is 11.4 Å². The first kappa shape index (κ1) is 18.3. The normalized spacial score (nSPS) is 19.2. The molecule has 1 N–H and O–H groups in total. The number of guanidine groups is 1. The predicted molar refractivity (Wildman–Crippen MR) is 107 cm³/mol. The highest BCUT2D eigenvalue weighted by Crippen LogP contribution is 2.45. The number of likely N-dealkylation sites (tertiary alicyclic amines) is 1. The molecule has 144 valence electrons. The Morgan fingerprint density at radius 2 is 2.04 bits per heavy atom. The SMILES string of the molecule is CN=C(NCCc1nc(-c2ccc(Cl)cc2)no1)N1CCC2(CCCC2)C1. The molecular formula is C20H26ClN5O. The maximum atomic E-state index is 5.92. The van der Waals surface area contributed by atoms with E-state index in [0.29, 0.717) is 28.6 Å². The van der Waals surface area contributed by atoms with E-state index in [9.17, 15) is 0 Å². The number of rotatable bonds is 4. The van der Waals surface area contributed by atoms with Crippen LogP contribution in [0.15, 0.2) is 33.8 Å². The lowest BCUT2D eigenvalue weighted by molar-refractivity contribution is 0.309. The van der Waals surface area contributed by atoms with E-state index in [0.717, 1.165) is 31.2 Å². The Kier molecular flexibility index (Phi) is 5.34. The highest BCUT2D eigenvalue weighted by Gasteiger charge is 2.41. The van der Waals surface area contributed by atoms with Crippen LogP contribution in [0.4, 0.5) is 0 Å². The van der Waals surface area contributed by atoms with Crippen LogP contribution in [0, 0.1) is 5.41 Å². The first-order valence-corrected chi connectivity index (χ1v) is 10.1. The Bertz CT molecular complexity index is 795. The van der Waals surface area contributed by atoms with Gasteiger partial charge in [0.1, 0.15) is 0 Å². The lowest BCUT2D eigenvalue weighted by atomic mass is 9.86. The molecule has 1 saturated heterocycles. The van der Waals surface area contributed by atoms with Crippen LogP contribution in [0.1, 0.15) is 38.0 Å². The third kappa shape index (κ3) is 4.10. The topological polar surface area (TPSA) is 66.5 Å². The molecular weight excluding hydrogens is 362 g/mol. The quantitative estimate of drug-likeness (QED) is 0.638. The van der Waals surface area contributed by atoms with E-state index in [1.807, 2.05) is 31.3 Å². The van der Waals surface area contributed by atoms with Gasteiger partial charge in [0, 0.05) is 43.7 Å². The van der Waals surface area contributed by atoms with Crippen LogP contribution in [-0.4, -0.2) is 47.7 Å². The van der Waals surface area contributed by atoms with E-state index >= 15 is 0 Å². The van der Waals surface area contributed by atoms with Crippen molar-refractivity contribution in [3.05, 3.63) is 35.2 Å². The molecule has 1 aromatic carbocycles. The third-order valence-electron chi connectivity index (χ3n) is 5.81. The number of benzene rings is 1. The number of aromatic nitrogens is 2. The van der Waals surface area contributed by atoms with Gasteiger partial charge < -0.3 is 14.7 Å². The van der Waals surface area contributed by atoms with Gasteiger partial charge in [0.25, 0.3) is 0 Å². The zero-order chi connectivity index (χ0) is 18.7. The largest absolute Gasteiger partial charge is 0.356 e. The number of hydrogen-bond acceptors (Lipinski definition) is 4. The summed E-state index contributed by atoms with van der Waals surface area (Å²) in [5.41, 5.74) is 1.44. The first-order valence-electron chi connectivity index (χ1n) is 9.72. The summed E-state index contributed by atoms with van der Waals surface area (Å²) in [6.45, 7) is 2.95. The van der Waals surface area contributed by atoms with E-state index in [1.54, 1.807) is 0 Å². The Balaban J connectivity index is 1.29. The van der Waals surface area contributed by atoms with Crippen molar-refractivity contribution < 1.29 is 4.52 Å². The van der Waals surface area contributed by atoms with Crippen molar-refractivity contribution in [2.24, 2.45) is 10.4 Å². The molecule has 1 aliphatic carbocycles. The molecule has 1 saturated carbocycles. The van der Waals surface area contributed by atoms with Gasteiger partial charge in [-0.3, -0.25) is 4.99 Å². The van der Waals surface area contributed by atoms with Crippen LogP contribution in [0.5, 0.6) is 0 Å². The molecule has 2 aromatic rings. The number of halogens is 1. The molecule has 2 heterocycles. The fraction of sp³-hybridized carbons (Fsp3) is 0.550. The van der Waals surface area contributed by atoms with E-state index in [-0.39, 0.29) is 0 Å². The summed E-state index contributed by atoms with van der Waals surface area (Å²) in [5.74, 6) is 2.20. The average molecular weight is 388 g/mol. The van der Waals surface area contributed by atoms with Gasteiger partial charge in [-0.05, 0) is 48.9 Å². The van der Waals surface area contributed by atoms with Gasteiger partial charge in [0.05, 0.1) is 0 Å². The maximum absolute atomic E-state index is 5.92. The van der Waals surface area contributed by atoms with Crippen LogP contribution >= 0.6 is 11.6 Å². The molecule has 27 heavy (non-hydrogen) atoms. The summed E-state index contributed by atoms with van der Waals surface area (Å²) >= 11 is 5.92. The molecule has 0 radical (unpaired) electrons. The average Bonchev–Trinajstić information content (AvgIpc) is 3.42. The second kappa shape index (κ2) is 7.89. The summed E-state index contributed by atoms with van der Waals surface area (Å²) in [5, 5.41) is 8.21. The van der Waals surface area contributed by atoms with Gasteiger partial charge in [-0.1, -0.05) is 29.6 Å². The number of nitrogens with zero attached hydrogens (tertiary/aromatic N) is 4. The zero-order valence-corrected chi connectivity index (χ0v) is 16.5. The molecule has 0 amide bonds. The fourth-order valence-corrected chi connectivity index (χ4v) is 4.46. The highest BCUT2D eigenvalue weighted by molar-refractivity contribution is 6.30. The van der Waals surface area contributed by atoms with Gasteiger partial charge >= 0.3 is 0 Å².